The zero-order valence-corrected chi connectivity index (χ0v) is 63.0. The molecule has 0 bridgehead atoms. The van der Waals surface area contributed by atoms with Crippen molar-refractivity contribution in [3.63, 3.8) is 0 Å². The second kappa shape index (κ2) is 78.9. The molecule has 13 nitrogen and oxygen atoms in total. The Hall–Kier alpha value is -7.37. The minimum atomic E-state index is -0.345. The van der Waals surface area contributed by atoms with Crippen molar-refractivity contribution in [3.05, 3.63) is 142 Å². The van der Waals surface area contributed by atoms with Crippen molar-refractivity contribution >= 4 is 71.8 Å². The van der Waals surface area contributed by atoms with Crippen LogP contribution in [0.15, 0.2) is 103 Å². The molecule has 0 fully saturated rings. The predicted molar refractivity (Wildman–Crippen MR) is 389 cm³/mol. The Morgan fingerprint density at radius 1 is 0.430 bits per heavy atom. The summed E-state index contributed by atoms with van der Waals surface area (Å²) in [6.07, 6.45) is 13.0. The summed E-state index contributed by atoms with van der Waals surface area (Å²) >= 11 is 0. The zero-order valence-electron chi connectivity index (χ0n) is 63.0. The van der Waals surface area contributed by atoms with Crippen molar-refractivity contribution in [2.75, 3.05) is 0 Å². The summed E-state index contributed by atoms with van der Waals surface area (Å²) in [7, 11) is 0. The van der Waals surface area contributed by atoms with Crippen LogP contribution in [-0.4, -0.2) is 71.8 Å². The van der Waals surface area contributed by atoms with Crippen LogP contribution in [0, 0.1) is 18.3 Å². The average Bonchev–Trinajstić information content (AvgIpc) is 3.16. The smallest absolute Gasteiger partial charge is 0.307 e. The Labute approximate surface area is 566 Å². The van der Waals surface area contributed by atoms with Gasteiger partial charge in [-0.1, -0.05) is 274 Å². The summed E-state index contributed by atoms with van der Waals surface area (Å²) in [5.74, 6) is 1.46. The Balaban J connectivity index is -0.000000102. The number of Topliss-reactive ketones (excluding diaryl/α,β-unsaturated/α-hetero) is 9. The summed E-state index contributed by atoms with van der Waals surface area (Å²) in [4.78, 5) is 127. The average molecular weight is 1300 g/mol. The highest BCUT2D eigenvalue weighted by Crippen LogP contribution is 2.17. The molecule has 0 aromatic heterocycles. The van der Waals surface area contributed by atoms with E-state index < -0.39 is 0 Å². The number of unbranched alkanes of at least 4 members (excludes halogenated alkanes) is 1. The van der Waals surface area contributed by atoms with E-state index in [9.17, 15) is 43.2 Å². The first-order chi connectivity index (χ1) is 43.9. The highest BCUT2D eigenvalue weighted by molar-refractivity contribution is 6.36. The summed E-state index contributed by atoms with van der Waals surface area (Å²) in [5.41, 5.74) is 8.71. The van der Waals surface area contributed by atoms with E-state index in [4.69, 9.17) is 19.2 Å². The van der Waals surface area contributed by atoms with E-state index in [0.717, 1.165) is 36.8 Å². The molecular weight excluding hydrogens is 1170 g/mol. The maximum absolute atomic E-state index is 11.3. The normalized spacial score (nSPS) is 9.18. The molecule has 93 heavy (non-hydrogen) atoms. The topological polar surface area (TPSA) is 222 Å². The highest BCUT2D eigenvalue weighted by atomic mass is 16.2. The van der Waals surface area contributed by atoms with Gasteiger partial charge < -0.3 is 14.4 Å². The first-order valence-corrected chi connectivity index (χ1v) is 33.4. The van der Waals surface area contributed by atoms with Crippen LogP contribution in [0.25, 0.3) is 0 Å². The number of benzene rings is 4. The molecule has 528 valence electrons. The van der Waals surface area contributed by atoms with Crippen LogP contribution >= 0.6 is 0 Å². The van der Waals surface area contributed by atoms with Crippen LogP contribution in [0.5, 0.6) is 0 Å². The van der Waals surface area contributed by atoms with E-state index in [1.807, 2.05) is 172 Å². The number of ketones is 9. The number of aryl methyl sites for hydroxylation is 5. The number of hydrogen-bond donors (Lipinski definition) is 0. The van der Waals surface area contributed by atoms with Gasteiger partial charge in [0.25, 0.3) is 0 Å². The van der Waals surface area contributed by atoms with Gasteiger partial charge in [-0.2, -0.15) is 9.59 Å². The van der Waals surface area contributed by atoms with Gasteiger partial charge in [0.15, 0.2) is 17.3 Å². The van der Waals surface area contributed by atoms with Crippen molar-refractivity contribution in [1.29, 1.82) is 0 Å². The van der Waals surface area contributed by atoms with Gasteiger partial charge in [0, 0.05) is 93.9 Å². The molecule has 4 aromatic rings. The fourth-order valence-corrected chi connectivity index (χ4v) is 6.13. The zero-order chi connectivity index (χ0) is 74.9. The number of carbonyl (C=O) groups is 11. The Morgan fingerprint density at radius 2 is 0.763 bits per heavy atom. The summed E-state index contributed by atoms with van der Waals surface area (Å²) in [6, 6.07) is 35.2. The van der Waals surface area contributed by atoms with E-state index in [1.165, 1.54) is 54.5 Å². The number of carbonyl (C=O) groups excluding carboxylic acids is 13. The Morgan fingerprint density at radius 3 is 0.957 bits per heavy atom. The number of rotatable bonds is 21. The van der Waals surface area contributed by atoms with E-state index in [0.29, 0.717) is 87.3 Å². The van der Waals surface area contributed by atoms with Crippen LogP contribution in [0.1, 0.15) is 293 Å². The van der Waals surface area contributed by atoms with Gasteiger partial charge in [0.1, 0.15) is 48.3 Å². The molecule has 4 aromatic carbocycles. The Kier molecular flexibility index (Phi) is 90.9. The molecule has 0 aliphatic heterocycles. The molecule has 0 N–H and O–H groups in total. The molecule has 4 rings (SSSR count). The first kappa shape index (κ1) is 107. The molecule has 1 unspecified atom stereocenters. The second-order valence-corrected chi connectivity index (χ2v) is 21.4. The van der Waals surface area contributed by atoms with Crippen LogP contribution in [-0.2, 0) is 83.2 Å². The summed E-state index contributed by atoms with van der Waals surface area (Å²) in [6.45, 7) is 52.4. The van der Waals surface area contributed by atoms with Gasteiger partial charge >= 0.3 is 6.15 Å². The van der Waals surface area contributed by atoms with Gasteiger partial charge in [-0.3, -0.25) is 38.4 Å². The van der Waals surface area contributed by atoms with Gasteiger partial charge in [0.05, 0.1) is 0 Å². The van der Waals surface area contributed by atoms with Gasteiger partial charge in [-0.05, 0) is 67.3 Å². The van der Waals surface area contributed by atoms with Gasteiger partial charge in [-0.15, -0.1) is 0 Å². The maximum Gasteiger partial charge on any atom is 0.373 e. The highest BCUT2D eigenvalue weighted by Gasteiger charge is 2.18. The lowest BCUT2D eigenvalue weighted by Crippen LogP contribution is -2.18. The largest absolute Gasteiger partial charge is 0.373 e. The van der Waals surface area contributed by atoms with Crippen molar-refractivity contribution in [1.82, 2.24) is 0 Å². The molecule has 0 aliphatic rings. The lowest BCUT2D eigenvalue weighted by Gasteiger charge is -2.13. The molecule has 13 heteroatoms. The monoisotopic (exact) mass is 1300 g/mol. The van der Waals surface area contributed by atoms with Crippen LogP contribution in [0.4, 0.5) is 0 Å². The van der Waals surface area contributed by atoms with E-state index >= 15 is 0 Å². The van der Waals surface area contributed by atoms with Crippen molar-refractivity contribution < 1.29 is 62.3 Å². The van der Waals surface area contributed by atoms with Crippen molar-refractivity contribution in [2.24, 2.45) is 11.3 Å². The maximum atomic E-state index is 11.3. The SMILES string of the molecule is C=O.C=O.CC.CCC(=O)C(C)(C)C.CCC(=O)C(C)=O.CCC(=O)C(C)C.CCC(=O)C(C)c1ccccc1.CCC(=O)CC.CCC(=O)CCC(C)=O.CCC(=O)c1ccc(CC)cc1.CCCC.CCc1ccc(C)cc1.CCc1ccc(CC)cc1.O=C=O. The minimum absolute atomic E-state index is 0.0520. The molecule has 0 saturated carbocycles. The van der Waals surface area contributed by atoms with E-state index in [2.05, 4.69) is 97.0 Å². The van der Waals surface area contributed by atoms with Gasteiger partial charge in [-0.25, -0.2) is 0 Å². The van der Waals surface area contributed by atoms with Crippen LogP contribution in [0.2, 0.25) is 0 Å². The van der Waals surface area contributed by atoms with E-state index in [-0.39, 0.29) is 52.3 Å². The van der Waals surface area contributed by atoms with Crippen LogP contribution in [0.3, 0.4) is 0 Å². The minimum Gasteiger partial charge on any atom is -0.307 e. The second-order valence-electron chi connectivity index (χ2n) is 21.4. The van der Waals surface area contributed by atoms with Gasteiger partial charge in [0.2, 0.25) is 0 Å². The van der Waals surface area contributed by atoms with E-state index in [1.54, 1.807) is 6.92 Å². The lowest BCUT2D eigenvalue weighted by molar-refractivity contribution is -0.192. The molecule has 0 spiro atoms. The van der Waals surface area contributed by atoms with Crippen molar-refractivity contribution in [3.8, 4) is 0 Å². The van der Waals surface area contributed by atoms with Crippen LogP contribution < -0.4 is 0 Å². The summed E-state index contributed by atoms with van der Waals surface area (Å²) in [5, 5.41) is 0. The number of hydrogen-bond acceptors (Lipinski definition) is 13. The third-order valence-corrected chi connectivity index (χ3v) is 12.8. The molecule has 0 radical (unpaired) electrons. The fourth-order valence-electron chi connectivity index (χ4n) is 6.13. The fraction of sp³-hybridized carbons (Fsp3) is 0.550. The first-order valence-electron chi connectivity index (χ1n) is 33.4. The third kappa shape index (κ3) is 77.0. The predicted octanol–water partition coefficient (Wildman–Crippen LogP) is 19.8. The lowest BCUT2D eigenvalue weighted by atomic mass is 9.90. The summed E-state index contributed by atoms with van der Waals surface area (Å²) < 4.78 is 0. The van der Waals surface area contributed by atoms with Crippen molar-refractivity contribution in [2.45, 2.75) is 282 Å². The molecule has 0 saturated heterocycles. The molecule has 0 amide bonds. The molecule has 0 heterocycles. The molecular formula is C80H130O13. The molecule has 0 aliphatic carbocycles. The molecule has 1 atom stereocenters. The standard InChI is InChI=1S/2C11H14O.C10H14.C9H12.C7H12O2.C7H14O.C6H12O.C5H8O2.C5H10O.C4H10.C2H6.CO2.2CH2O/c1-3-11(12)9(2)10-7-5-4-6-8-10;1-3-9-5-7-10(8-6-9)11(12)4-2;1-3-9-5-7-10(4-2)8-6-9;1-3-9-6-4-8(2)5-7-9;1-3-7(9)5-4-6(2)8;1-5-6(8)7(2,3)4;1-4-6(7)5(2)3;1-3-5(7)4(2)6;1-3-5(6)4-2;1-3-4-2;1-2;2-1-3;2*1-2/h4-9H,3H2,1-2H3;5-8H,3-4H2,1-2H3;5-8H,3-4H2,1-2H3;4-7H,3H2,1-2H3;3-5H2,1-2H3;5H2,1-4H3;5H,4H2,1-3H3;3H2,1-2H3;3-4H2,1-2H3;3-4H2,1-2H3;1-2H3;;2*1H2. The Bertz CT molecular complexity index is 2430. The quantitative estimate of drug-likeness (QED) is 0.0560. The third-order valence-electron chi connectivity index (χ3n) is 12.8.